The fourth-order valence-electron chi connectivity index (χ4n) is 1.34. The molecule has 1 aliphatic heterocycles. The molecule has 0 spiro atoms. The summed E-state index contributed by atoms with van der Waals surface area (Å²) < 4.78 is 1.90. The first-order valence-corrected chi connectivity index (χ1v) is 3.56. The predicted octanol–water partition coefficient (Wildman–Crippen LogP) is 0.618. The third kappa shape index (κ3) is 1.30. The molecular formula is C6H11ClN4. The Bertz CT molecular complexity index is 245. The van der Waals surface area contributed by atoms with E-state index in [9.17, 15) is 0 Å². The molecule has 0 bridgehead atoms. The summed E-state index contributed by atoms with van der Waals surface area (Å²) in [7, 11) is 0. The van der Waals surface area contributed by atoms with Crippen LogP contribution in [0.25, 0.3) is 0 Å². The SMILES string of the molecule is Cl.Nc1nnn2c1CCCC2. The third-order valence-electron chi connectivity index (χ3n) is 1.90. The molecule has 0 amide bonds. The zero-order chi connectivity index (χ0) is 6.97. The van der Waals surface area contributed by atoms with E-state index in [-0.39, 0.29) is 12.4 Å². The number of aryl methyl sites for hydroxylation is 1. The van der Waals surface area contributed by atoms with Gasteiger partial charge in [0.05, 0.1) is 5.69 Å². The quantitative estimate of drug-likeness (QED) is 0.628. The van der Waals surface area contributed by atoms with Gasteiger partial charge in [0.15, 0.2) is 5.82 Å². The lowest BCUT2D eigenvalue weighted by Gasteiger charge is -2.11. The molecule has 5 heteroatoms. The highest BCUT2D eigenvalue weighted by Crippen LogP contribution is 2.16. The normalized spacial score (nSPS) is 15.3. The van der Waals surface area contributed by atoms with Crippen LogP contribution >= 0.6 is 12.4 Å². The van der Waals surface area contributed by atoms with Gasteiger partial charge in [-0.1, -0.05) is 5.21 Å². The highest BCUT2D eigenvalue weighted by molar-refractivity contribution is 5.85. The Hall–Kier alpha value is -0.770. The lowest BCUT2D eigenvalue weighted by molar-refractivity contribution is 0.477. The maximum absolute atomic E-state index is 5.57. The largest absolute Gasteiger partial charge is 0.381 e. The monoisotopic (exact) mass is 174 g/mol. The maximum Gasteiger partial charge on any atom is 0.169 e. The highest BCUT2D eigenvalue weighted by Gasteiger charge is 2.13. The predicted molar refractivity (Wildman–Crippen MR) is 44.6 cm³/mol. The summed E-state index contributed by atoms with van der Waals surface area (Å²) in [6, 6.07) is 0. The minimum absolute atomic E-state index is 0. The Morgan fingerprint density at radius 1 is 1.36 bits per heavy atom. The van der Waals surface area contributed by atoms with Gasteiger partial charge in [0.2, 0.25) is 0 Å². The number of fused-ring (bicyclic) bond motifs is 1. The second-order valence-corrected chi connectivity index (χ2v) is 2.60. The Morgan fingerprint density at radius 3 is 2.91 bits per heavy atom. The molecule has 0 atom stereocenters. The molecule has 2 rings (SSSR count). The first-order valence-electron chi connectivity index (χ1n) is 3.56. The summed E-state index contributed by atoms with van der Waals surface area (Å²) in [5, 5.41) is 7.69. The molecule has 1 aliphatic rings. The number of nitrogen functional groups attached to an aromatic ring is 1. The van der Waals surface area contributed by atoms with Crippen molar-refractivity contribution >= 4 is 18.2 Å². The molecule has 0 aliphatic carbocycles. The van der Waals surface area contributed by atoms with Crippen LogP contribution < -0.4 is 5.73 Å². The van der Waals surface area contributed by atoms with Crippen molar-refractivity contribution in [2.24, 2.45) is 0 Å². The zero-order valence-corrected chi connectivity index (χ0v) is 6.97. The minimum atomic E-state index is 0. The molecule has 2 N–H and O–H groups in total. The van der Waals surface area contributed by atoms with Crippen LogP contribution in [0.2, 0.25) is 0 Å². The van der Waals surface area contributed by atoms with E-state index in [1.165, 1.54) is 12.8 Å². The van der Waals surface area contributed by atoms with Crippen molar-refractivity contribution in [1.29, 1.82) is 0 Å². The average molecular weight is 175 g/mol. The summed E-state index contributed by atoms with van der Waals surface area (Å²) in [6.45, 7) is 0.986. The van der Waals surface area contributed by atoms with E-state index in [0.29, 0.717) is 5.82 Å². The molecule has 0 radical (unpaired) electrons. The van der Waals surface area contributed by atoms with Crippen LogP contribution in [0.3, 0.4) is 0 Å². The van der Waals surface area contributed by atoms with Gasteiger partial charge in [-0.15, -0.1) is 17.5 Å². The van der Waals surface area contributed by atoms with E-state index >= 15 is 0 Å². The van der Waals surface area contributed by atoms with E-state index < -0.39 is 0 Å². The van der Waals surface area contributed by atoms with Gasteiger partial charge in [-0.3, -0.25) is 0 Å². The van der Waals surface area contributed by atoms with Crippen molar-refractivity contribution in [3.63, 3.8) is 0 Å². The number of hydrogen-bond acceptors (Lipinski definition) is 3. The van der Waals surface area contributed by atoms with Crippen molar-refractivity contribution in [2.75, 3.05) is 5.73 Å². The van der Waals surface area contributed by atoms with Crippen LogP contribution in [-0.4, -0.2) is 15.0 Å². The highest BCUT2D eigenvalue weighted by atomic mass is 35.5. The van der Waals surface area contributed by atoms with Crippen molar-refractivity contribution in [1.82, 2.24) is 15.0 Å². The second-order valence-electron chi connectivity index (χ2n) is 2.60. The van der Waals surface area contributed by atoms with Gasteiger partial charge in [0.25, 0.3) is 0 Å². The first kappa shape index (κ1) is 8.33. The lowest BCUT2D eigenvalue weighted by atomic mass is 10.1. The standard InChI is InChI=1S/C6H10N4.ClH/c7-6-5-3-1-2-4-10(5)9-8-6;/h1-4,7H2;1H. The van der Waals surface area contributed by atoms with E-state index in [0.717, 1.165) is 18.7 Å². The Balaban J connectivity index is 0.000000605. The zero-order valence-electron chi connectivity index (χ0n) is 6.16. The molecule has 4 nitrogen and oxygen atoms in total. The van der Waals surface area contributed by atoms with Crippen LogP contribution in [0.5, 0.6) is 0 Å². The summed E-state index contributed by atoms with van der Waals surface area (Å²) in [5.74, 6) is 0.611. The number of nitrogens with two attached hydrogens (primary N) is 1. The molecule has 0 saturated carbocycles. The van der Waals surface area contributed by atoms with Gasteiger partial charge < -0.3 is 5.73 Å². The van der Waals surface area contributed by atoms with Crippen LogP contribution in [0.4, 0.5) is 5.82 Å². The van der Waals surface area contributed by atoms with Crippen LogP contribution in [0, 0.1) is 0 Å². The third-order valence-corrected chi connectivity index (χ3v) is 1.90. The number of nitrogens with zero attached hydrogens (tertiary/aromatic N) is 3. The average Bonchev–Trinajstić information content (AvgIpc) is 2.34. The van der Waals surface area contributed by atoms with Crippen molar-refractivity contribution in [3.05, 3.63) is 5.69 Å². The summed E-state index contributed by atoms with van der Waals surface area (Å²) in [4.78, 5) is 0. The number of hydrogen-bond donors (Lipinski definition) is 1. The molecule has 0 unspecified atom stereocenters. The van der Waals surface area contributed by atoms with Crippen molar-refractivity contribution < 1.29 is 0 Å². The summed E-state index contributed by atoms with van der Waals surface area (Å²) in [6.07, 6.45) is 3.46. The maximum atomic E-state index is 5.57. The van der Waals surface area contributed by atoms with Gasteiger partial charge in [0.1, 0.15) is 0 Å². The molecule has 1 aromatic heterocycles. The van der Waals surface area contributed by atoms with Crippen molar-refractivity contribution in [3.8, 4) is 0 Å². The molecule has 1 aromatic rings. The van der Waals surface area contributed by atoms with Crippen LogP contribution in [-0.2, 0) is 13.0 Å². The smallest absolute Gasteiger partial charge is 0.169 e. The van der Waals surface area contributed by atoms with Gasteiger partial charge in [-0.05, 0) is 19.3 Å². The molecule has 2 heterocycles. The van der Waals surface area contributed by atoms with Crippen molar-refractivity contribution in [2.45, 2.75) is 25.8 Å². The van der Waals surface area contributed by atoms with E-state index in [4.69, 9.17) is 5.73 Å². The minimum Gasteiger partial charge on any atom is -0.381 e. The molecular weight excluding hydrogens is 164 g/mol. The molecule has 11 heavy (non-hydrogen) atoms. The number of halogens is 1. The van der Waals surface area contributed by atoms with E-state index in [1.54, 1.807) is 0 Å². The lowest BCUT2D eigenvalue weighted by Crippen LogP contribution is -2.11. The van der Waals surface area contributed by atoms with E-state index in [1.807, 2.05) is 4.68 Å². The van der Waals surface area contributed by atoms with E-state index in [2.05, 4.69) is 10.3 Å². The number of rotatable bonds is 0. The van der Waals surface area contributed by atoms with Crippen LogP contribution in [0.1, 0.15) is 18.5 Å². The fourth-order valence-corrected chi connectivity index (χ4v) is 1.34. The topological polar surface area (TPSA) is 56.7 Å². The second kappa shape index (κ2) is 3.09. The molecule has 62 valence electrons. The molecule has 0 saturated heterocycles. The summed E-state index contributed by atoms with van der Waals surface area (Å²) in [5.41, 5.74) is 6.68. The fraction of sp³-hybridized carbons (Fsp3) is 0.667. The van der Waals surface area contributed by atoms with Crippen LogP contribution in [0.15, 0.2) is 0 Å². The molecule has 0 fully saturated rings. The van der Waals surface area contributed by atoms with Gasteiger partial charge in [0, 0.05) is 6.54 Å². The van der Waals surface area contributed by atoms with Gasteiger partial charge in [-0.25, -0.2) is 4.68 Å². The van der Waals surface area contributed by atoms with Gasteiger partial charge in [-0.2, -0.15) is 0 Å². The Morgan fingerprint density at radius 2 is 2.18 bits per heavy atom. The Labute approximate surface area is 71.2 Å². The van der Waals surface area contributed by atoms with Gasteiger partial charge >= 0.3 is 0 Å². The first-order chi connectivity index (χ1) is 4.88. The summed E-state index contributed by atoms with van der Waals surface area (Å²) >= 11 is 0. The number of anilines is 1. The molecule has 0 aromatic carbocycles. The Kier molecular flexibility index (Phi) is 2.34. The number of aromatic nitrogens is 3.